The van der Waals surface area contributed by atoms with Gasteiger partial charge in [0.05, 0.1) is 23.6 Å². The number of nitrogens with zero attached hydrogens (tertiary/aromatic N) is 3. The van der Waals surface area contributed by atoms with E-state index in [2.05, 4.69) is 25.7 Å². The van der Waals surface area contributed by atoms with Gasteiger partial charge in [0.25, 0.3) is 5.92 Å². The van der Waals surface area contributed by atoms with E-state index in [1.807, 2.05) is 26.0 Å². The number of aryl methyl sites for hydroxylation is 2. The number of nitrogens with one attached hydrogen (secondary N) is 3. The molecule has 0 atom stereocenters. The van der Waals surface area contributed by atoms with Gasteiger partial charge in [-0.2, -0.15) is 10.2 Å². The first kappa shape index (κ1) is 20.1. The summed E-state index contributed by atoms with van der Waals surface area (Å²) >= 11 is 6.60. The van der Waals surface area contributed by atoms with Crippen LogP contribution in [0.3, 0.4) is 0 Å². The monoisotopic (exact) mass is 448 g/mol. The molecule has 1 fully saturated rings. The summed E-state index contributed by atoms with van der Waals surface area (Å²) in [6, 6.07) is 5.32. The summed E-state index contributed by atoms with van der Waals surface area (Å²) in [5.74, 6) is -3.23. The maximum absolute atomic E-state index is 15.8. The third kappa shape index (κ3) is 3.23. The van der Waals surface area contributed by atoms with Crippen molar-refractivity contribution in [3.05, 3.63) is 40.3 Å². The van der Waals surface area contributed by atoms with Crippen molar-refractivity contribution in [2.24, 2.45) is 0 Å². The van der Waals surface area contributed by atoms with Gasteiger partial charge < -0.3 is 10.2 Å². The summed E-state index contributed by atoms with van der Waals surface area (Å²) in [6.07, 6.45) is 0. The summed E-state index contributed by atoms with van der Waals surface area (Å²) in [4.78, 5) is 1.46. The first-order valence-electron chi connectivity index (χ1n) is 9.91. The van der Waals surface area contributed by atoms with Gasteiger partial charge in [-0.15, -0.1) is 0 Å². The first-order valence-corrected chi connectivity index (χ1v) is 10.3. The van der Waals surface area contributed by atoms with Crippen LogP contribution in [0.4, 0.5) is 19.0 Å². The van der Waals surface area contributed by atoms with Gasteiger partial charge in [-0.3, -0.25) is 10.2 Å². The lowest BCUT2D eigenvalue weighted by molar-refractivity contribution is 0.0156. The van der Waals surface area contributed by atoms with Crippen molar-refractivity contribution in [3.63, 3.8) is 0 Å². The molecule has 1 aliphatic heterocycles. The maximum Gasteiger partial charge on any atom is 0.277 e. The van der Waals surface area contributed by atoms with Gasteiger partial charge in [-0.25, -0.2) is 13.2 Å². The van der Waals surface area contributed by atoms with Crippen LogP contribution in [0.1, 0.15) is 11.3 Å². The fraction of sp³-hybridized carbons (Fsp3) is 0.333. The van der Waals surface area contributed by atoms with Crippen molar-refractivity contribution in [2.45, 2.75) is 19.8 Å². The number of halogens is 4. The molecule has 0 radical (unpaired) electrons. The summed E-state index contributed by atoms with van der Waals surface area (Å²) in [7, 11) is 0. The number of aromatic nitrogens is 4. The zero-order chi connectivity index (χ0) is 21.9. The summed E-state index contributed by atoms with van der Waals surface area (Å²) < 4.78 is 44.0. The van der Waals surface area contributed by atoms with E-state index in [-0.39, 0.29) is 21.9 Å². The third-order valence-electron chi connectivity index (χ3n) is 5.76. The molecule has 162 valence electrons. The molecule has 0 bridgehead atoms. The minimum atomic E-state index is -2.92. The van der Waals surface area contributed by atoms with Gasteiger partial charge in [0, 0.05) is 40.7 Å². The molecule has 6 nitrogen and oxygen atoms in total. The van der Waals surface area contributed by atoms with E-state index in [0.29, 0.717) is 29.6 Å². The van der Waals surface area contributed by atoms with Gasteiger partial charge in [0.2, 0.25) is 0 Å². The molecular formula is C21H20ClF3N6. The average molecular weight is 449 g/mol. The Balaban J connectivity index is 1.71. The second kappa shape index (κ2) is 7.13. The number of hydrogen-bond donors (Lipinski definition) is 3. The van der Waals surface area contributed by atoms with Crippen LogP contribution >= 0.6 is 11.6 Å². The Hall–Kier alpha value is -2.78. The van der Waals surface area contributed by atoms with E-state index in [9.17, 15) is 8.78 Å². The lowest BCUT2D eigenvalue weighted by atomic mass is 9.94. The molecule has 5 rings (SSSR count). The van der Waals surface area contributed by atoms with E-state index >= 15 is 4.39 Å². The van der Waals surface area contributed by atoms with Gasteiger partial charge in [0.1, 0.15) is 5.52 Å². The van der Waals surface area contributed by atoms with Crippen molar-refractivity contribution < 1.29 is 13.2 Å². The van der Waals surface area contributed by atoms with Crippen LogP contribution in [0.5, 0.6) is 0 Å². The fourth-order valence-corrected chi connectivity index (χ4v) is 4.60. The summed E-state index contributed by atoms with van der Waals surface area (Å²) in [6.45, 7) is 3.53. The molecule has 0 amide bonds. The number of alkyl halides is 2. The highest BCUT2D eigenvalue weighted by Gasteiger charge is 2.35. The molecule has 3 heterocycles. The van der Waals surface area contributed by atoms with Crippen molar-refractivity contribution in [1.82, 2.24) is 25.7 Å². The number of rotatable bonds is 2. The molecular weight excluding hydrogens is 429 g/mol. The van der Waals surface area contributed by atoms with E-state index in [1.54, 1.807) is 6.07 Å². The molecule has 0 aliphatic carbocycles. The number of anilines is 1. The lowest BCUT2D eigenvalue weighted by Gasteiger charge is -2.23. The summed E-state index contributed by atoms with van der Waals surface area (Å²) in [5.41, 5.74) is 3.37. The largest absolute Gasteiger partial charge is 0.347 e. The Morgan fingerprint density at radius 1 is 1.13 bits per heavy atom. The van der Waals surface area contributed by atoms with Crippen molar-refractivity contribution in [1.29, 1.82) is 0 Å². The van der Waals surface area contributed by atoms with Gasteiger partial charge in [0.15, 0.2) is 11.6 Å². The number of aromatic amines is 2. The SMILES string of the molecule is Cc1ccc2n[nH]c(C)c2c1-c1c(Cl)cc2c(N3CCNCC(F)(F)C3)n[nH]c2c1F. The van der Waals surface area contributed by atoms with E-state index in [1.165, 1.54) is 4.90 Å². The predicted octanol–water partition coefficient (Wildman–Crippen LogP) is 4.56. The molecule has 0 spiro atoms. The molecule has 31 heavy (non-hydrogen) atoms. The van der Waals surface area contributed by atoms with E-state index < -0.39 is 24.8 Å². The second-order valence-corrected chi connectivity index (χ2v) is 8.38. The fourth-order valence-electron chi connectivity index (χ4n) is 4.32. The molecule has 3 N–H and O–H groups in total. The maximum atomic E-state index is 15.8. The number of H-pyrrole nitrogens is 2. The van der Waals surface area contributed by atoms with Gasteiger partial charge in [-0.1, -0.05) is 17.7 Å². The molecule has 2 aromatic heterocycles. The topological polar surface area (TPSA) is 72.6 Å². The zero-order valence-electron chi connectivity index (χ0n) is 16.9. The number of hydrogen-bond acceptors (Lipinski definition) is 4. The zero-order valence-corrected chi connectivity index (χ0v) is 17.7. The minimum Gasteiger partial charge on any atom is -0.347 e. The van der Waals surface area contributed by atoms with Crippen molar-refractivity contribution >= 4 is 39.2 Å². The highest BCUT2D eigenvalue weighted by atomic mass is 35.5. The van der Waals surface area contributed by atoms with Crippen LogP contribution in [-0.4, -0.2) is 52.5 Å². The van der Waals surface area contributed by atoms with Crippen LogP contribution in [0.2, 0.25) is 5.02 Å². The molecule has 4 aromatic rings. The lowest BCUT2D eigenvalue weighted by Crippen LogP contribution is -2.38. The highest BCUT2D eigenvalue weighted by molar-refractivity contribution is 6.35. The van der Waals surface area contributed by atoms with Crippen LogP contribution in [0, 0.1) is 19.7 Å². The van der Waals surface area contributed by atoms with Crippen molar-refractivity contribution in [3.8, 4) is 11.1 Å². The highest BCUT2D eigenvalue weighted by Crippen LogP contribution is 2.42. The molecule has 1 saturated heterocycles. The van der Waals surface area contributed by atoms with Crippen LogP contribution in [-0.2, 0) is 0 Å². The quantitative estimate of drug-likeness (QED) is 0.420. The predicted molar refractivity (Wildman–Crippen MR) is 116 cm³/mol. The van der Waals surface area contributed by atoms with E-state index in [4.69, 9.17) is 11.6 Å². The normalized spacial score (nSPS) is 16.9. The molecule has 2 aromatic carbocycles. The second-order valence-electron chi connectivity index (χ2n) is 7.97. The van der Waals surface area contributed by atoms with Gasteiger partial charge in [-0.05, 0) is 31.5 Å². The Bertz CT molecular complexity index is 1310. The van der Waals surface area contributed by atoms with Gasteiger partial charge >= 0.3 is 0 Å². The number of benzene rings is 2. The average Bonchev–Trinajstić information content (AvgIpc) is 3.24. The molecule has 1 aliphatic rings. The van der Waals surface area contributed by atoms with Crippen molar-refractivity contribution in [2.75, 3.05) is 31.1 Å². The first-order chi connectivity index (χ1) is 14.8. The summed E-state index contributed by atoms with van der Waals surface area (Å²) in [5, 5.41) is 18.1. The Morgan fingerprint density at radius 2 is 1.94 bits per heavy atom. The molecule has 0 saturated carbocycles. The minimum absolute atomic E-state index is 0.132. The number of fused-ring (bicyclic) bond motifs is 2. The van der Waals surface area contributed by atoms with Crippen LogP contribution in [0.25, 0.3) is 32.9 Å². The van der Waals surface area contributed by atoms with E-state index in [0.717, 1.165) is 16.6 Å². The molecule has 10 heteroatoms. The third-order valence-corrected chi connectivity index (χ3v) is 6.06. The smallest absolute Gasteiger partial charge is 0.277 e. The Kier molecular flexibility index (Phi) is 4.63. The van der Waals surface area contributed by atoms with Crippen LogP contribution in [0.15, 0.2) is 18.2 Å². The Morgan fingerprint density at radius 3 is 2.74 bits per heavy atom. The van der Waals surface area contributed by atoms with Crippen LogP contribution < -0.4 is 10.2 Å². The standard InChI is InChI=1S/C21H20ClF3N6/c1-10-3-4-14-16(11(2)27-28-14)15(10)17-13(22)7-12-19(18(17)23)29-30-20(12)31-6-5-26-8-21(24,25)9-31/h3-4,7,26H,5-6,8-9H2,1-2H3,(H,27,28)(H,29,30). The molecule has 0 unspecified atom stereocenters. The Labute approximate surface area is 180 Å².